The van der Waals surface area contributed by atoms with Crippen LogP contribution in [0, 0.1) is 0 Å². The zero-order chi connectivity index (χ0) is 17.0. The second-order valence-corrected chi connectivity index (χ2v) is 7.37. The summed E-state index contributed by atoms with van der Waals surface area (Å²) in [6.07, 6.45) is 0. The Hall–Kier alpha value is -1.48. The van der Waals surface area contributed by atoms with E-state index in [1.54, 1.807) is 12.1 Å². The topological polar surface area (TPSA) is 105 Å². The van der Waals surface area contributed by atoms with Crippen LogP contribution in [0.2, 0.25) is 0 Å². The molecule has 1 aliphatic heterocycles. The number of hydrogen-bond acceptors (Lipinski definition) is 5. The third-order valence-corrected chi connectivity index (χ3v) is 5.08. The van der Waals surface area contributed by atoms with E-state index in [2.05, 4.69) is 15.5 Å². The largest absolute Gasteiger partial charge is 0.348 e. The molecule has 23 heavy (non-hydrogen) atoms. The van der Waals surface area contributed by atoms with Gasteiger partial charge in [0.2, 0.25) is 15.9 Å². The Balaban J connectivity index is 1.97. The Bertz CT molecular complexity index is 639. The van der Waals surface area contributed by atoms with E-state index in [1.165, 1.54) is 12.1 Å². The van der Waals surface area contributed by atoms with Crippen LogP contribution in [0.4, 0.5) is 0 Å². The quantitative estimate of drug-likeness (QED) is 0.689. The Morgan fingerprint density at radius 1 is 1.22 bits per heavy atom. The molecule has 4 N–H and O–H groups in total. The van der Waals surface area contributed by atoms with Crippen LogP contribution in [0.25, 0.3) is 0 Å². The first-order valence-corrected chi connectivity index (χ1v) is 9.21. The van der Waals surface area contributed by atoms with Crippen molar-refractivity contribution in [1.82, 2.24) is 15.5 Å². The minimum absolute atomic E-state index is 0.0325. The van der Waals surface area contributed by atoms with Crippen molar-refractivity contribution in [1.29, 1.82) is 0 Å². The number of carbonyl (C=O) groups excluding carboxylic acids is 1. The highest BCUT2D eigenvalue weighted by Crippen LogP contribution is 2.16. The molecule has 0 bridgehead atoms. The molecule has 1 saturated heterocycles. The molecule has 1 fully saturated rings. The van der Waals surface area contributed by atoms with Crippen molar-refractivity contribution in [3.63, 3.8) is 0 Å². The van der Waals surface area contributed by atoms with Crippen LogP contribution in [-0.2, 0) is 14.8 Å². The smallest absolute Gasteiger partial charge is 0.238 e. The van der Waals surface area contributed by atoms with Gasteiger partial charge in [-0.1, -0.05) is 12.1 Å². The first-order chi connectivity index (χ1) is 10.8. The van der Waals surface area contributed by atoms with Crippen molar-refractivity contribution in [2.24, 2.45) is 5.14 Å². The number of sulfonamides is 1. The van der Waals surface area contributed by atoms with Gasteiger partial charge < -0.3 is 10.6 Å². The molecule has 1 aliphatic rings. The molecule has 128 valence electrons. The lowest BCUT2D eigenvalue weighted by Gasteiger charge is -2.32. The molecule has 1 aromatic rings. The van der Waals surface area contributed by atoms with E-state index >= 15 is 0 Å². The van der Waals surface area contributed by atoms with E-state index < -0.39 is 10.0 Å². The second kappa shape index (κ2) is 7.39. The molecule has 0 spiro atoms. The molecular formula is C15H24N4O3S. The molecule has 8 heteroatoms. The summed E-state index contributed by atoms with van der Waals surface area (Å²) in [5.74, 6) is -0.0325. The number of benzene rings is 1. The van der Waals surface area contributed by atoms with Crippen molar-refractivity contribution in [2.75, 3.05) is 26.2 Å². The van der Waals surface area contributed by atoms with E-state index in [0.717, 1.165) is 31.7 Å². The highest BCUT2D eigenvalue weighted by molar-refractivity contribution is 7.89. The summed E-state index contributed by atoms with van der Waals surface area (Å²) < 4.78 is 22.5. The van der Waals surface area contributed by atoms with Gasteiger partial charge in [-0.05, 0) is 31.5 Å². The summed E-state index contributed by atoms with van der Waals surface area (Å²) in [5.41, 5.74) is 0.832. The molecule has 0 aliphatic carbocycles. The molecule has 2 rings (SSSR count). The van der Waals surface area contributed by atoms with Gasteiger partial charge >= 0.3 is 0 Å². The zero-order valence-electron chi connectivity index (χ0n) is 13.5. The minimum Gasteiger partial charge on any atom is -0.348 e. The maximum absolute atomic E-state index is 12.4. The second-order valence-electron chi connectivity index (χ2n) is 5.81. The number of nitrogens with two attached hydrogens (primary N) is 1. The fourth-order valence-corrected chi connectivity index (χ4v) is 3.11. The molecule has 1 amide bonds. The minimum atomic E-state index is -3.70. The Kier molecular flexibility index (Phi) is 5.74. The number of hydrogen-bond donors (Lipinski definition) is 3. The van der Waals surface area contributed by atoms with Crippen LogP contribution in [0.1, 0.15) is 25.5 Å². The van der Waals surface area contributed by atoms with E-state index in [0.29, 0.717) is 0 Å². The lowest BCUT2D eigenvalue weighted by Crippen LogP contribution is -2.52. The Morgan fingerprint density at radius 2 is 1.78 bits per heavy atom. The maximum Gasteiger partial charge on any atom is 0.238 e. The predicted octanol–water partition coefficient (Wildman–Crippen LogP) is -0.195. The van der Waals surface area contributed by atoms with E-state index in [-0.39, 0.29) is 22.9 Å². The number of primary sulfonamides is 1. The van der Waals surface area contributed by atoms with Gasteiger partial charge in [-0.15, -0.1) is 0 Å². The third kappa shape index (κ3) is 4.74. The van der Waals surface area contributed by atoms with Crippen molar-refractivity contribution in [3.05, 3.63) is 29.8 Å². The highest BCUT2D eigenvalue weighted by atomic mass is 32.2. The van der Waals surface area contributed by atoms with Crippen LogP contribution in [-0.4, -0.2) is 51.4 Å². The fourth-order valence-electron chi connectivity index (χ4n) is 2.60. The Morgan fingerprint density at radius 3 is 2.30 bits per heavy atom. The van der Waals surface area contributed by atoms with Gasteiger partial charge in [0.25, 0.3) is 0 Å². The first kappa shape index (κ1) is 17.9. The molecular weight excluding hydrogens is 316 g/mol. The zero-order valence-corrected chi connectivity index (χ0v) is 14.3. The number of amides is 1. The number of piperazine rings is 1. The maximum atomic E-state index is 12.4. The van der Waals surface area contributed by atoms with Gasteiger partial charge in [0, 0.05) is 26.2 Å². The van der Waals surface area contributed by atoms with Crippen molar-refractivity contribution >= 4 is 15.9 Å². The summed E-state index contributed by atoms with van der Waals surface area (Å²) >= 11 is 0. The predicted molar refractivity (Wildman–Crippen MR) is 88.3 cm³/mol. The van der Waals surface area contributed by atoms with Crippen LogP contribution in [0.15, 0.2) is 29.2 Å². The lowest BCUT2D eigenvalue weighted by atomic mass is 10.1. The molecule has 0 aromatic heterocycles. The fraction of sp³-hybridized carbons (Fsp3) is 0.533. The molecule has 0 saturated carbocycles. The summed E-state index contributed by atoms with van der Waals surface area (Å²) in [4.78, 5) is 14.6. The molecule has 1 heterocycles. The lowest BCUT2D eigenvalue weighted by molar-refractivity contribution is -0.126. The van der Waals surface area contributed by atoms with Crippen molar-refractivity contribution in [2.45, 2.75) is 30.8 Å². The standard InChI is InChI=1S/C15H24N4O3S/c1-11(13-3-5-14(6-4-13)23(16,21)22)18-15(20)12(2)19-9-7-17-8-10-19/h3-6,11-12,17H,7-10H2,1-2H3,(H,18,20)(H2,16,21,22). The monoisotopic (exact) mass is 340 g/mol. The number of nitrogens with zero attached hydrogens (tertiary/aromatic N) is 1. The molecule has 7 nitrogen and oxygen atoms in total. The van der Waals surface area contributed by atoms with E-state index in [1.807, 2.05) is 13.8 Å². The SMILES string of the molecule is CC(NC(=O)C(C)N1CCNCC1)c1ccc(S(N)(=O)=O)cc1. The van der Waals surface area contributed by atoms with Crippen LogP contribution >= 0.6 is 0 Å². The number of nitrogens with one attached hydrogen (secondary N) is 2. The molecule has 1 aromatic carbocycles. The van der Waals surface area contributed by atoms with Crippen molar-refractivity contribution < 1.29 is 13.2 Å². The average Bonchev–Trinajstić information content (AvgIpc) is 2.54. The molecule has 2 unspecified atom stereocenters. The van der Waals surface area contributed by atoms with Crippen molar-refractivity contribution in [3.8, 4) is 0 Å². The summed E-state index contributed by atoms with van der Waals surface area (Å²) in [5, 5.41) is 11.3. The van der Waals surface area contributed by atoms with Crippen LogP contribution in [0.3, 0.4) is 0 Å². The summed E-state index contributed by atoms with van der Waals surface area (Å²) in [6.45, 7) is 7.26. The van der Waals surface area contributed by atoms with Gasteiger partial charge in [-0.25, -0.2) is 13.6 Å². The van der Waals surface area contributed by atoms with E-state index in [4.69, 9.17) is 5.14 Å². The number of rotatable bonds is 5. The molecule has 0 radical (unpaired) electrons. The first-order valence-electron chi connectivity index (χ1n) is 7.67. The van der Waals surface area contributed by atoms with Gasteiger partial charge in [0.05, 0.1) is 17.0 Å². The summed E-state index contributed by atoms with van der Waals surface area (Å²) in [7, 11) is -3.70. The molecule has 2 atom stereocenters. The third-order valence-electron chi connectivity index (χ3n) is 4.15. The van der Waals surface area contributed by atoms with Gasteiger partial charge in [0.1, 0.15) is 0 Å². The van der Waals surface area contributed by atoms with Gasteiger partial charge in [-0.2, -0.15) is 0 Å². The van der Waals surface area contributed by atoms with Crippen LogP contribution in [0.5, 0.6) is 0 Å². The normalized spacial score (nSPS) is 19.1. The van der Waals surface area contributed by atoms with Gasteiger partial charge in [-0.3, -0.25) is 9.69 Å². The number of carbonyl (C=O) groups is 1. The van der Waals surface area contributed by atoms with Crippen LogP contribution < -0.4 is 15.8 Å². The van der Waals surface area contributed by atoms with E-state index in [9.17, 15) is 13.2 Å². The van der Waals surface area contributed by atoms with Gasteiger partial charge in [0.15, 0.2) is 0 Å². The summed E-state index contributed by atoms with van der Waals surface area (Å²) in [6, 6.07) is 5.84. The average molecular weight is 340 g/mol. The highest BCUT2D eigenvalue weighted by Gasteiger charge is 2.23. The Labute approximate surface area is 137 Å².